The van der Waals surface area contributed by atoms with Crippen molar-refractivity contribution in [3.63, 3.8) is 0 Å². The van der Waals surface area contributed by atoms with Crippen LogP contribution in [0.2, 0.25) is 0 Å². The monoisotopic (exact) mass is 412 g/mol. The quantitative estimate of drug-likeness (QED) is 0.749. The van der Waals surface area contributed by atoms with Crippen molar-refractivity contribution in [1.29, 1.82) is 0 Å². The molecule has 0 N–H and O–H groups in total. The van der Waals surface area contributed by atoms with Gasteiger partial charge >= 0.3 is 0 Å². The number of amides is 1. The average molecular weight is 413 g/mol. The number of carbonyl (C=O) groups excluding carboxylic acids is 1. The zero-order valence-corrected chi connectivity index (χ0v) is 18.4. The first-order valence-electron chi connectivity index (χ1n) is 10.6. The fourth-order valence-electron chi connectivity index (χ4n) is 3.88. The van der Waals surface area contributed by atoms with Crippen molar-refractivity contribution in [2.75, 3.05) is 40.5 Å². The molecule has 1 fully saturated rings. The number of benzene rings is 2. The van der Waals surface area contributed by atoms with Gasteiger partial charge in [0.2, 0.25) is 0 Å². The van der Waals surface area contributed by atoms with Crippen LogP contribution in [0.3, 0.4) is 0 Å². The number of carbonyl (C=O) groups is 1. The van der Waals surface area contributed by atoms with Crippen molar-refractivity contribution in [3.05, 3.63) is 58.7 Å². The van der Waals surface area contributed by atoms with Crippen LogP contribution in [0.15, 0.2) is 36.4 Å². The van der Waals surface area contributed by atoms with Crippen LogP contribution >= 0.6 is 0 Å². The van der Waals surface area contributed by atoms with Gasteiger partial charge in [0.05, 0.1) is 27.4 Å². The lowest BCUT2D eigenvalue weighted by Gasteiger charge is -2.27. The van der Waals surface area contributed by atoms with Gasteiger partial charge in [-0.3, -0.25) is 9.69 Å². The molecule has 0 radical (unpaired) electrons. The summed E-state index contributed by atoms with van der Waals surface area (Å²) in [5.74, 6) is 1.72. The Morgan fingerprint density at radius 3 is 2.40 bits per heavy atom. The zero-order chi connectivity index (χ0) is 21.5. The molecule has 0 aromatic heterocycles. The summed E-state index contributed by atoms with van der Waals surface area (Å²) in [6.45, 7) is 9.06. The summed E-state index contributed by atoms with van der Waals surface area (Å²) >= 11 is 0. The van der Waals surface area contributed by atoms with Gasteiger partial charge in [-0.15, -0.1) is 0 Å². The van der Waals surface area contributed by atoms with Gasteiger partial charge in [0.15, 0.2) is 0 Å². The molecule has 0 atom stereocenters. The molecule has 4 rings (SSSR count). The van der Waals surface area contributed by atoms with Crippen LogP contribution in [0.1, 0.15) is 40.9 Å². The zero-order valence-electron chi connectivity index (χ0n) is 18.4. The van der Waals surface area contributed by atoms with Crippen LogP contribution in [0.5, 0.6) is 11.5 Å². The Balaban J connectivity index is 0.00000124. The van der Waals surface area contributed by atoms with E-state index in [4.69, 9.17) is 14.2 Å². The van der Waals surface area contributed by atoms with Gasteiger partial charge in [-0.05, 0) is 29.3 Å². The maximum atomic E-state index is 12.7. The van der Waals surface area contributed by atoms with Gasteiger partial charge in [0.1, 0.15) is 11.5 Å². The van der Waals surface area contributed by atoms with E-state index in [1.165, 1.54) is 11.1 Å². The van der Waals surface area contributed by atoms with E-state index >= 15 is 0 Å². The highest BCUT2D eigenvalue weighted by molar-refractivity contribution is 5.94. The molecule has 0 bridgehead atoms. The van der Waals surface area contributed by atoms with Gasteiger partial charge in [0, 0.05) is 49.9 Å². The highest BCUT2D eigenvalue weighted by atomic mass is 16.5. The Bertz CT molecular complexity index is 862. The van der Waals surface area contributed by atoms with Crippen molar-refractivity contribution in [2.24, 2.45) is 0 Å². The molecule has 0 spiro atoms. The molecule has 30 heavy (non-hydrogen) atoms. The Morgan fingerprint density at radius 1 is 0.967 bits per heavy atom. The minimum absolute atomic E-state index is 0.0985. The molecule has 2 heterocycles. The summed E-state index contributed by atoms with van der Waals surface area (Å²) < 4.78 is 16.2. The Labute approximate surface area is 179 Å². The number of nitrogens with zero attached hydrogens (tertiary/aromatic N) is 2. The lowest BCUT2D eigenvalue weighted by atomic mass is 10.1. The second kappa shape index (κ2) is 10.5. The van der Waals surface area contributed by atoms with E-state index in [2.05, 4.69) is 17.0 Å². The fourth-order valence-corrected chi connectivity index (χ4v) is 3.88. The van der Waals surface area contributed by atoms with Crippen LogP contribution in [0, 0.1) is 0 Å². The van der Waals surface area contributed by atoms with E-state index < -0.39 is 0 Å². The highest BCUT2D eigenvalue weighted by Crippen LogP contribution is 2.30. The van der Waals surface area contributed by atoms with Crippen LogP contribution in [0.25, 0.3) is 0 Å². The lowest BCUT2D eigenvalue weighted by Crippen LogP contribution is -2.40. The van der Waals surface area contributed by atoms with Gasteiger partial charge in [-0.2, -0.15) is 0 Å². The van der Waals surface area contributed by atoms with Crippen molar-refractivity contribution in [3.8, 4) is 11.5 Å². The maximum Gasteiger partial charge on any atom is 0.254 e. The van der Waals surface area contributed by atoms with Crippen molar-refractivity contribution in [1.82, 2.24) is 9.80 Å². The molecule has 0 saturated carbocycles. The minimum Gasteiger partial charge on any atom is -0.497 e. The molecule has 0 aliphatic carbocycles. The van der Waals surface area contributed by atoms with Crippen molar-refractivity contribution < 1.29 is 19.0 Å². The van der Waals surface area contributed by atoms with E-state index in [9.17, 15) is 4.79 Å². The van der Waals surface area contributed by atoms with E-state index in [0.29, 0.717) is 26.3 Å². The molecule has 2 aliphatic heterocycles. The third-order valence-corrected chi connectivity index (χ3v) is 5.43. The lowest BCUT2D eigenvalue weighted by molar-refractivity contribution is 0.0303. The first kappa shape index (κ1) is 22.1. The molecule has 2 aromatic rings. The van der Waals surface area contributed by atoms with Gasteiger partial charge in [-0.1, -0.05) is 26.0 Å². The molecule has 162 valence electrons. The van der Waals surface area contributed by atoms with Crippen LogP contribution < -0.4 is 9.47 Å². The first-order valence-corrected chi connectivity index (χ1v) is 10.6. The summed E-state index contributed by atoms with van der Waals surface area (Å²) in [5, 5.41) is 0. The van der Waals surface area contributed by atoms with Gasteiger partial charge in [0.25, 0.3) is 5.91 Å². The molecular formula is C24H32N2O4. The Kier molecular flexibility index (Phi) is 7.71. The normalized spacial score (nSPS) is 15.8. The van der Waals surface area contributed by atoms with Crippen molar-refractivity contribution >= 4 is 5.91 Å². The van der Waals surface area contributed by atoms with Gasteiger partial charge < -0.3 is 19.1 Å². The second-order valence-electron chi connectivity index (χ2n) is 7.21. The topological polar surface area (TPSA) is 51.2 Å². The van der Waals surface area contributed by atoms with E-state index in [1.807, 2.05) is 43.0 Å². The molecule has 6 nitrogen and oxygen atoms in total. The molecule has 2 aliphatic rings. The van der Waals surface area contributed by atoms with E-state index in [1.54, 1.807) is 14.2 Å². The first-order chi connectivity index (χ1) is 14.7. The standard InChI is InChI=1S/C22H26N2O4.C2H6/c1-26-20-6-5-18(21(12-20)27-2)14-23-13-17-4-3-16(11-19(17)15-23)22(25)24-7-9-28-10-8-24;1-2/h3-6,11-12H,7-10,13-15H2,1-2H3;1-2H3. The fraction of sp³-hybridized carbons (Fsp3) is 0.458. The van der Waals surface area contributed by atoms with Crippen LogP contribution in [-0.4, -0.2) is 56.2 Å². The number of rotatable bonds is 5. The summed E-state index contributed by atoms with van der Waals surface area (Å²) in [5.41, 5.74) is 4.41. The summed E-state index contributed by atoms with van der Waals surface area (Å²) in [7, 11) is 3.34. The average Bonchev–Trinajstić information content (AvgIpc) is 3.22. The van der Waals surface area contributed by atoms with Gasteiger partial charge in [-0.25, -0.2) is 0 Å². The summed E-state index contributed by atoms with van der Waals surface area (Å²) in [6, 6.07) is 12.0. The van der Waals surface area contributed by atoms with E-state index in [-0.39, 0.29) is 5.91 Å². The Morgan fingerprint density at radius 2 is 1.70 bits per heavy atom. The smallest absolute Gasteiger partial charge is 0.254 e. The summed E-state index contributed by atoms with van der Waals surface area (Å²) in [6.07, 6.45) is 0. The maximum absolute atomic E-state index is 12.7. The highest BCUT2D eigenvalue weighted by Gasteiger charge is 2.24. The molecule has 1 amide bonds. The van der Waals surface area contributed by atoms with Crippen molar-refractivity contribution in [2.45, 2.75) is 33.5 Å². The molecule has 1 saturated heterocycles. The van der Waals surface area contributed by atoms with Crippen LogP contribution in [-0.2, 0) is 24.4 Å². The third kappa shape index (κ3) is 4.94. The number of morpholine rings is 1. The van der Waals surface area contributed by atoms with E-state index in [0.717, 1.165) is 42.3 Å². The third-order valence-electron chi connectivity index (χ3n) is 5.43. The molecule has 0 unspecified atom stereocenters. The molecular weight excluding hydrogens is 380 g/mol. The minimum atomic E-state index is 0.0985. The number of fused-ring (bicyclic) bond motifs is 1. The largest absolute Gasteiger partial charge is 0.497 e. The molecule has 2 aromatic carbocycles. The van der Waals surface area contributed by atoms with Crippen LogP contribution in [0.4, 0.5) is 0 Å². The second-order valence-corrected chi connectivity index (χ2v) is 7.21. The predicted molar refractivity (Wildman–Crippen MR) is 117 cm³/mol. The number of hydrogen-bond acceptors (Lipinski definition) is 5. The number of methoxy groups -OCH3 is 2. The summed E-state index contributed by atoms with van der Waals surface area (Å²) in [4.78, 5) is 17.0. The number of hydrogen-bond donors (Lipinski definition) is 0. The number of ether oxygens (including phenoxy) is 3. The SMILES string of the molecule is CC.COc1ccc(CN2Cc3ccc(C(=O)N4CCOCC4)cc3C2)c(OC)c1. The molecule has 6 heteroatoms. The predicted octanol–water partition coefficient (Wildman–Crippen LogP) is 3.72. The Hall–Kier alpha value is -2.57.